The highest BCUT2D eigenvalue weighted by atomic mass is 32.2. The molecule has 4 atom stereocenters. The van der Waals surface area contributed by atoms with Crippen LogP contribution >= 0.6 is 0 Å². The van der Waals surface area contributed by atoms with Crippen LogP contribution in [0.4, 0.5) is 0 Å². The molecule has 7 heteroatoms. The van der Waals surface area contributed by atoms with Crippen LogP contribution in [0.3, 0.4) is 0 Å². The first kappa shape index (κ1) is 16.6. The standard InChI is InChI=1S/C12H22O5S2/c1-9(12(13)17-2)8-18(14)10-5-4-6-11(7-10)19(3,15)16/h9-11H,4-8H2,1-3H3. The lowest BCUT2D eigenvalue weighted by molar-refractivity contribution is -0.144. The lowest BCUT2D eigenvalue weighted by Gasteiger charge is -2.27. The van der Waals surface area contributed by atoms with Crippen LogP contribution < -0.4 is 0 Å². The van der Waals surface area contributed by atoms with Crippen LogP contribution in [-0.4, -0.2) is 48.2 Å². The summed E-state index contributed by atoms with van der Waals surface area (Å²) >= 11 is 0. The van der Waals surface area contributed by atoms with Crippen molar-refractivity contribution in [3.63, 3.8) is 0 Å². The molecule has 1 aliphatic carbocycles. The van der Waals surface area contributed by atoms with Gasteiger partial charge in [-0.3, -0.25) is 9.00 Å². The third kappa shape index (κ3) is 4.87. The summed E-state index contributed by atoms with van der Waals surface area (Å²) in [6, 6.07) is 0. The van der Waals surface area contributed by atoms with Crippen molar-refractivity contribution < 1.29 is 22.2 Å². The van der Waals surface area contributed by atoms with E-state index in [2.05, 4.69) is 4.74 Å². The number of sulfone groups is 1. The maximum Gasteiger partial charge on any atom is 0.309 e. The number of carbonyl (C=O) groups is 1. The van der Waals surface area contributed by atoms with Crippen molar-refractivity contribution in [1.29, 1.82) is 0 Å². The molecule has 1 fully saturated rings. The Kier molecular flexibility index (Phi) is 5.98. The van der Waals surface area contributed by atoms with E-state index in [0.29, 0.717) is 12.8 Å². The first-order valence-electron chi connectivity index (χ1n) is 6.39. The van der Waals surface area contributed by atoms with Crippen molar-refractivity contribution in [1.82, 2.24) is 0 Å². The second-order valence-electron chi connectivity index (χ2n) is 5.21. The smallest absolute Gasteiger partial charge is 0.309 e. The number of esters is 1. The van der Waals surface area contributed by atoms with Crippen LogP contribution in [0.2, 0.25) is 0 Å². The van der Waals surface area contributed by atoms with Gasteiger partial charge in [0.1, 0.15) is 9.84 Å². The van der Waals surface area contributed by atoms with E-state index in [1.54, 1.807) is 6.92 Å². The third-order valence-corrected chi connectivity index (χ3v) is 7.21. The van der Waals surface area contributed by atoms with Crippen LogP contribution in [-0.2, 0) is 30.2 Å². The molecule has 1 aliphatic rings. The van der Waals surface area contributed by atoms with Crippen LogP contribution in [0.5, 0.6) is 0 Å². The molecule has 4 unspecified atom stereocenters. The first-order valence-corrected chi connectivity index (χ1v) is 9.73. The molecular weight excluding hydrogens is 288 g/mol. The van der Waals surface area contributed by atoms with Gasteiger partial charge in [-0.2, -0.15) is 0 Å². The molecule has 0 bridgehead atoms. The highest BCUT2D eigenvalue weighted by Gasteiger charge is 2.32. The van der Waals surface area contributed by atoms with E-state index in [9.17, 15) is 17.4 Å². The van der Waals surface area contributed by atoms with E-state index in [0.717, 1.165) is 12.8 Å². The number of ether oxygens (including phenoxy) is 1. The molecule has 0 radical (unpaired) electrons. The molecule has 0 aromatic carbocycles. The Morgan fingerprint density at radius 3 is 2.58 bits per heavy atom. The molecule has 112 valence electrons. The molecule has 1 saturated carbocycles. The Morgan fingerprint density at radius 1 is 1.42 bits per heavy atom. The van der Waals surface area contributed by atoms with E-state index < -0.39 is 26.6 Å². The second-order valence-corrected chi connectivity index (χ2v) is 9.30. The molecule has 0 N–H and O–H groups in total. The molecule has 0 aliphatic heterocycles. The van der Waals surface area contributed by atoms with Crippen molar-refractivity contribution in [3.05, 3.63) is 0 Å². The van der Waals surface area contributed by atoms with E-state index in [1.807, 2.05) is 0 Å². The molecule has 1 rings (SSSR count). The van der Waals surface area contributed by atoms with E-state index >= 15 is 0 Å². The molecule has 0 amide bonds. The van der Waals surface area contributed by atoms with Gasteiger partial charge in [-0.15, -0.1) is 0 Å². The normalized spacial score (nSPS) is 27.5. The monoisotopic (exact) mass is 310 g/mol. The van der Waals surface area contributed by atoms with Crippen molar-refractivity contribution >= 4 is 26.6 Å². The van der Waals surface area contributed by atoms with Crippen LogP contribution in [0.15, 0.2) is 0 Å². The lowest BCUT2D eigenvalue weighted by atomic mass is 10.00. The average molecular weight is 310 g/mol. The number of hydrogen-bond donors (Lipinski definition) is 0. The van der Waals surface area contributed by atoms with Crippen LogP contribution in [0.1, 0.15) is 32.6 Å². The Bertz CT molecular complexity index is 443. The maximum absolute atomic E-state index is 12.2. The summed E-state index contributed by atoms with van der Waals surface area (Å²) < 4.78 is 39.9. The van der Waals surface area contributed by atoms with E-state index in [1.165, 1.54) is 13.4 Å². The molecule has 19 heavy (non-hydrogen) atoms. The third-order valence-electron chi connectivity index (χ3n) is 3.57. The van der Waals surface area contributed by atoms with Gasteiger partial charge in [0.2, 0.25) is 0 Å². The summed E-state index contributed by atoms with van der Waals surface area (Å²) in [6.07, 6.45) is 3.88. The van der Waals surface area contributed by atoms with Gasteiger partial charge < -0.3 is 4.74 Å². The molecule has 0 spiro atoms. The van der Waals surface area contributed by atoms with Gasteiger partial charge in [-0.1, -0.05) is 13.3 Å². The van der Waals surface area contributed by atoms with E-state index in [-0.39, 0.29) is 22.2 Å². The highest BCUT2D eigenvalue weighted by molar-refractivity contribution is 7.91. The predicted octanol–water partition coefficient (Wildman–Crippen LogP) is 0.900. The first-order chi connectivity index (χ1) is 8.75. The number of hydrogen-bond acceptors (Lipinski definition) is 5. The van der Waals surface area contributed by atoms with Crippen molar-refractivity contribution in [2.75, 3.05) is 19.1 Å². The van der Waals surface area contributed by atoms with Gasteiger partial charge in [0.25, 0.3) is 0 Å². The van der Waals surface area contributed by atoms with Crippen molar-refractivity contribution in [2.45, 2.75) is 43.1 Å². The lowest BCUT2D eigenvalue weighted by Crippen LogP contribution is -2.34. The molecule has 0 aromatic rings. The van der Waals surface area contributed by atoms with Crippen molar-refractivity contribution in [3.8, 4) is 0 Å². The Hall–Kier alpha value is -0.430. The number of carbonyl (C=O) groups excluding carboxylic acids is 1. The van der Waals surface area contributed by atoms with Gasteiger partial charge in [-0.05, 0) is 19.3 Å². The summed E-state index contributed by atoms with van der Waals surface area (Å²) in [5.41, 5.74) is 0. The largest absolute Gasteiger partial charge is 0.469 e. The molecule has 5 nitrogen and oxygen atoms in total. The SMILES string of the molecule is COC(=O)C(C)CS(=O)C1CCCC(S(C)(=O)=O)C1. The van der Waals surface area contributed by atoms with Gasteiger partial charge in [-0.25, -0.2) is 8.42 Å². The average Bonchev–Trinajstić information content (AvgIpc) is 2.36. The number of rotatable bonds is 5. The summed E-state index contributed by atoms with van der Waals surface area (Å²) in [4.78, 5) is 11.3. The fourth-order valence-electron chi connectivity index (χ4n) is 2.38. The zero-order chi connectivity index (χ0) is 14.6. The zero-order valence-corrected chi connectivity index (χ0v) is 13.3. The Morgan fingerprint density at radius 2 is 2.05 bits per heavy atom. The fraction of sp³-hybridized carbons (Fsp3) is 0.917. The number of methoxy groups -OCH3 is 1. The van der Waals surface area contributed by atoms with Gasteiger partial charge in [0.05, 0.1) is 18.3 Å². The van der Waals surface area contributed by atoms with Crippen LogP contribution in [0.25, 0.3) is 0 Å². The topological polar surface area (TPSA) is 77.5 Å². The van der Waals surface area contributed by atoms with E-state index in [4.69, 9.17) is 0 Å². The minimum atomic E-state index is -3.07. The predicted molar refractivity (Wildman–Crippen MR) is 75.1 cm³/mol. The zero-order valence-electron chi connectivity index (χ0n) is 11.6. The van der Waals surface area contributed by atoms with Gasteiger partial charge in [0, 0.05) is 28.1 Å². The summed E-state index contributed by atoms with van der Waals surface area (Å²) in [5, 5.41) is -0.510. The quantitative estimate of drug-likeness (QED) is 0.705. The molecular formula is C12H22O5S2. The highest BCUT2D eigenvalue weighted by Crippen LogP contribution is 2.27. The Labute approximate surface area is 117 Å². The molecule has 0 aromatic heterocycles. The molecule has 0 saturated heterocycles. The minimum Gasteiger partial charge on any atom is -0.469 e. The summed E-state index contributed by atoms with van der Waals surface area (Å²) in [6.45, 7) is 1.68. The maximum atomic E-state index is 12.2. The summed E-state index contributed by atoms with van der Waals surface area (Å²) in [7, 11) is -2.94. The van der Waals surface area contributed by atoms with Gasteiger partial charge in [0.15, 0.2) is 0 Å². The Balaban J connectivity index is 2.60. The van der Waals surface area contributed by atoms with Gasteiger partial charge >= 0.3 is 5.97 Å². The second kappa shape index (κ2) is 6.83. The summed E-state index contributed by atoms with van der Waals surface area (Å²) in [5.74, 6) is -0.540. The minimum absolute atomic E-state index is 0.124. The molecule has 0 heterocycles. The van der Waals surface area contributed by atoms with Crippen molar-refractivity contribution in [2.24, 2.45) is 5.92 Å². The fourth-order valence-corrected chi connectivity index (χ4v) is 5.46. The van der Waals surface area contributed by atoms with Crippen LogP contribution in [0, 0.1) is 5.92 Å².